The van der Waals surface area contributed by atoms with E-state index in [-0.39, 0.29) is 24.9 Å². The van der Waals surface area contributed by atoms with Crippen molar-refractivity contribution in [3.63, 3.8) is 0 Å². The van der Waals surface area contributed by atoms with Crippen molar-refractivity contribution in [3.05, 3.63) is 35.9 Å². The van der Waals surface area contributed by atoms with Gasteiger partial charge in [0.1, 0.15) is 23.1 Å². The van der Waals surface area contributed by atoms with E-state index < -0.39 is 0 Å². The molecule has 0 radical (unpaired) electrons. The van der Waals surface area contributed by atoms with Gasteiger partial charge < -0.3 is 24.3 Å². The van der Waals surface area contributed by atoms with Crippen LogP contribution in [0.1, 0.15) is 43.8 Å². The maximum atomic E-state index is 12.5. The number of halogens is 1. The van der Waals surface area contributed by atoms with Crippen LogP contribution in [-0.4, -0.2) is 58.4 Å². The highest BCUT2D eigenvalue weighted by Crippen LogP contribution is 2.28. The van der Waals surface area contributed by atoms with Gasteiger partial charge in [-0.3, -0.25) is 4.79 Å². The van der Waals surface area contributed by atoms with Crippen molar-refractivity contribution in [2.45, 2.75) is 45.2 Å². The largest absolute Gasteiger partial charge is 0.494 e. The number of fused-ring (bicyclic) bond motifs is 1. The molecule has 9 heteroatoms. The molecule has 4 rings (SSSR count). The molecule has 2 aliphatic rings. The van der Waals surface area contributed by atoms with Crippen LogP contribution < -0.4 is 14.8 Å². The first-order chi connectivity index (χ1) is 14.2. The van der Waals surface area contributed by atoms with Crippen molar-refractivity contribution in [1.82, 2.24) is 25.0 Å². The SMILES string of the molecule is CCCOc1ccc(OCC(=O)N2CCC(c3nnc4n3CCNC4)CC2)cc1.Cl. The van der Waals surface area contributed by atoms with E-state index in [1.54, 1.807) is 0 Å². The Hall–Kier alpha value is -2.32. The van der Waals surface area contributed by atoms with Crippen molar-refractivity contribution in [1.29, 1.82) is 0 Å². The lowest BCUT2D eigenvalue weighted by Crippen LogP contribution is -2.41. The first kappa shape index (κ1) is 22.4. The van der Waals surface area contributed by atoms with Crippen LogP contribution in [0.5, 0.6) is 11.5 Å². The van der Waals surface area contributed by atoms with Gasteiger partial charge in [0, 0.05) is 32.1 Å². The Kier molecular flexibility index (Phi) is 7.93. The number of amides is 1. The van der Waals surface area contributed by atoms with Gasteiger partial charge in [-0.05, 0) is 43.5 Å². The maximum Gasteiger partial charge on any atom is 0.260 e. The van der Waals surface area contributed by atoms with Crippen molar-refractivity contribution in [2.75, 3.05) is 32.8 Å². The molecule has 0 unspecified atom stereocenters. The minimum atomic E-state index is 0. The van der Waals surface area contributed by atoms with Gasteiger partial charge >= 0.3 is 0 Å². The van der Waals surface area contributed by atoms with Gasteiger partial charge in [0.25, 0.3) is 5.91 Å². The average molecular weight is 436 g/mol. The van der Waals surface area contributed by atoms with Crippen LogP contribution in [-0.2, 0) is 17.9 Å². The third-order valence-corrected chi connectivity index (χ3v) is 5.52. The number of nitrogens with zero attached hydrogens (tertiary/aromatic N) is 4. The number of carbonyl (C=O) groups excluding carboxylic acids is 1. The summed E-state index contributed by atoms with van der Waals surface area (Å²) >= 11 is 0. The first-order valence-electron chi connectivity index (χ1n) is 10.5. The quantitative estimate of drug-likeness (QED) is 0.719. The van der Waals surface area contributed by atoms with Crippen LogP contribution >= 0.6 is 12.4 Å². The second-order valence-corrected chi connectivity index (χ2v) is 7.57. The summed E-state index contributed by atoms with van der Waals surface area (Å²) in [5.74, 6) is 4.00. The van der Waals surface area contributed by atoms with E-state index in [1.165, 1.54) is 0 Å². The fraction of sp³-hybridized carbons (Fsp3) is 0.571. The number of carbonyl (C=O) groups is 1. The van der Waals surface area contributed by atoms with Crippen LogP contribution in [0, 0.1) is 0 Å². The minimum Gasteiger partial charge on any atom is -0.494 e. The average Bonchev–Trinajstić information content (AvgIpc) is 3.21. The molecule has 8 nitrogen and oxygen atoms in total. The topological polar surface area (TPSA) is 81.5 Å². The van der Waals surface area contributed by atoms with E-state index in [1.807, 2.05) is 29.2 Å². The molecule has 0 saturated carbocycles. The van der Waals surface area contributed by atoms with E-state index in [0.717, 1.165) is 69.4 Å². The molecule has 1 N–H and O–H groups in total. The summed E-state index contributed by atoms with van der Waals surface area (Å²) < 4.78 is 13.5. The summed E-state index contributed by atoms with van der Waals surface area (Å²) in [4.78, 5) is 14.4. The predicted octanol–water partition coefficient (Wildman–Crippen LogP) is 2.38. The highest BCUT2D eigenvalue weighted by molar-refractivity contribution is 5.85. The molecule has 1 amide bonds. The fourth-order valence-corrected chi connectivity index (χ4v) is 3.89. The van der Waals surface area contributed by atoms with Crippen molar-refractivity contribution < 1.29 is 14.3 Å². The molecule has 1 saturated heterocycles. The van der Waals surface area contributed by atoms with Gasteiger partial charge in [0.15, 0.2) is 6.61 Å². The molecule has 1 fully saturated rings. The Bertz CT molecular complexity index is 819. The standard InChI is InChI=1S/C21H29N5O3.ClH/c1-2-13-28-17-3-5-18(6-4-17)29-15-20(27)25-10-7-16(8-11-25)21-24-23-19-14-22-9-12-26(19)21;/h3-6,16,22H,2,7-15H2,1H3;1H. The van der Waals surface area contributed by atoms with Crippen LogP contribution in [0.2, 0.25) is 0 Å². The van der Waals surface area contributed by atoms with E-state index in [4.69, 9.17) is 9.47 Å². The Balaban J connectivity index is 0.00000256. The smallest absolute Gasteiger partial charge is 0.260 e. The Morgan fingerprint density at radius 2 is 1.80 bits per heavy atom. The number of ether oxygens (including phenoxy) is 2. The second kappa shape index (κ2) is 10.6. The molecular weight excluding hydrogens is 406 g/mol. The number of hydrogen-bond acceptors (Lipinski definition) is 6. The lowest BCUT2D eigenvalue weighted by Gasteiger charge is -2.32. The predicted molar refractivity (Wildman–Crippen MR) is 115 cm³/mol. The van der Waals surface area contributed by atoms with Crippen LogP contribution in [0.25, 0.3) is 0 Å². The third kappa shape index (κ3) is 5.23. The molecule has 0 aliphatic carbocycles. The maximum absolute atomic E-state index is 12.5. The normalized spacial score (nSPS) is 16.5. The molecule has 3 heterocycles. The molecule has 1 aromatic carbocycles. The van der Waals surface area contributed by atoms with Gasteiger partial charge in [-0.2, -0.15) is 0 Å². The zero-order valence-corrected chi connectivity index (χ0v) is 18.2. The third-order valence-electron chi connectivity index (χ3n) is 5.52. The Morgan fingerprint density at radius 1 is 1.10 bits per heavy atom. The fourth-order valence-electron chi connectivity index (χ4n) is 3.89. The van der Waals surface area contributed by atoms with Crippen LogP contribution in [0.15, 0.2) is 24.3 Å². The number of nitrogens with one attached hydrogen (secondary N) is 1. The summed E-state index contributed by atoms with van der Waals surface area (Å²) in [5, 5.41) is 12.1. The van der Waals surface area contributed by atoms with Crippen LogP contribution in [0.4, 0.5) is 0 Å². The molecule has 164 valence electrons. The number of piperidine rings is 1. The monoisotopic (exact) mass is 435 g/mol. The summed E-state index contributed by atoms with van der Waals surface area (Å²) in [6, 6.07) is 7.42. The van der Waals surface area contributed by atoms with Gasteiger partial charge in [-0.1, -0.05) is 6.92 Å². The summed E-state index contributed by atoms with van der Waals surface area (Å²) in [6.45, 7) is 6.96. The van der Waals surface area contributed by atoms with Gasteiger partial charge in [-0.25, -0.2) is 0 Å². The highest BCUT2D eigenvalue weighted by Gasteiger charge is 2.28. The Labute approximate surface area is 183 Å². The van der Waals surface area contributed by atoms with Crippen molar-refractivity contribution >= 4 is 18.3 Å². The zero-order valence-electron chi connectivity index (χ0n) is 17.4. The lowest BCUT2D eigenvalue weighted by atomic mass is 9.95. The van der Waals surface area contributed by atoms with E-state index in [0.29, 0.717) is 18.3 Å². The van der Waals surface area contributed by atoms with Crippen LogP contribution in [0.3, 0.4) is 0 Å². The van der Waals surface area contributed by atoms with Gasteiger partial charge in [-0.15, -0.1) is 22.6 Å². The van der Waals surface area contributed by atoms with Gasteiger partial charge in [0.05, 0.1) is 13.2 Å². The number of hydrogen-bond donors (Lipinski definition) is 1. The number of aromatic nitrogens is 3. The highest BCUT2D eigenvalue weighted by atomic mass is 35.5. The summed E-state index contributed by atoms with van der Waals surface area (Å²) in [5.41, 5.74) is 0. The Morgan fingerprint density at radius 3 is 2.50 bits per heavy atom. The molecule has 1 aromatic heterocycles. The van der Waals surface area contributed by atoms with Crippen molar-refractivity contribution in [2.24, 2.45) is 0 Å². The number of benzene rings is 1. The number of rotatable bonds is 7. The number of likely N-dealkylation sites (tertiary alicyclic amines) is 1. The molecule has 0 spiro atoms. The van der Waals surface area contributed by atoms with E-state index in [2.05, 4.69) is 27.0 Å². The summed E-state index contributed by atoms with van der Waals surface area (Å²) in [7, 11) is 0. The minimum absolute atomic E-state index is 0. The van der Waals surface area contributed by atoms with Gasteiger partial charge in [0.2, 0.25) is 0 Å². The molecule has 0 bridgehead atoms. The van der Waals surface area contributed by atoms with E-state index in [9.17, 15) is 4.79 Å². The van der Waals surface area contributed by atoms with Crippen molar-refractivity contribution in [3.8, 4) is 11.5 Å². The molecule has 0 atom stereocenters. The first-order valence-corrected chi connectivity index (χ1v) is 10.5. The molecule has 2 aromatic rings. The zero-order chi connectivity index (χ0) is 20.1. The lowest BCUT2D eigenvalue weighted by molar-refractivity contribution is -0.134. The van der Waals surface area contributed by atoms with E-state index >= 15 is 0 Å². The molecular formula is C21H30ClN5O3. The molecule has 2 aliphatic heterocycles. The second-order valence-electron chi connectivity index (χ2n) is 7.57. The molecule has 30 heavy (non-hydrogen) atoms. The summed E-state index contributed by atoms with van der Waals surface area (Å²) in [6.07, 6.45) is 2.81.